The van der Waals surface area contributed by atoms with Gasteiger partial charge in [0, 0.05) is 11.6 Å². The standard InChI is InChI=1S/C9H17N/c1-9(2,3)10-5-4-7-6-8(7)10/h7-8H,4-6H2,1-3H3. The Hall–Kier alpha value is -0.0400. The van der Waals surface area contributed by atoms with Gasteiger partial charge in [-0.15, -0.1) is 0 Å². The Morgan fingerprint density at radius 3 is 2.20 bits per heavy atom. The first-order chi connectivity index (χ1) is 4.59. The van der Waals surface area contributed by atoms with E-state index in [1.165, 1.54) is 19.4 Å². The third kappa shape index (κ3) is 0.878. The molecule has 0 bridgehead atoms. The molecule has 1 heterocycles. The smallest absolute Gasteiger partial charge is 0.0133 e. The molecule has 0 amide bonds. The van der Waals surface area contributed by atoms with Crippen LogP contribution < -0.4 is 0 Å². The lowest BCUT2D eigenvalue weighted by Gasteiger charge is -2.33. The van der Waals surface area contributed by atoms with E-state index in [1.54, 1.807) is 0 Å². The van der Waals surface area contributed by atoms with E-state index in [-0.39, 0.29) is 0 Å². The van der Waals surface area contributed by atoms with Gasteiger partial charge in [0.15, 0.2) is 0 Å². The van der Waals surface area contributed by atoms with Crippen LogP contribution >= 0.6 is 0 Å². The zero-order chi connectivity index (χ0) is 7.35. The summed E-state index contributed by atoms with van der Waals surface area (Å²) in [4.78, 5) is 2.66. The largest absolute Gasteiger partial charge is 0.295 e. The number of piperidine rings is 1. The van der Waals surface area contributed by atoms with Crippen LogP contribution in [0.25, 0.3) is 0 Å². The highest BCUT2D eigenvalue weighted by Gasteiger charge is 2.49. The lowest BCUT2D eigenvalue weighted by Crippen LogP contribution is -2.41. The molecule has 58 valence electrons. The highest BCUT2D eigenvalue weighted by molar-refractivity contribution is 5.04. The van der Waals surface area contributed by atoms with E-state index in [1.807, 2.05) is 0 Å². The first kappa shape index (κ1) is 6.66. The van der Waals surface area contributed by atoms with Crippen LogP contribution in [0.2, 0.25) is 0 Å². The van der Waals surface area contributed by atoms with E-state index >= 15 is 0 Å². The lowest BCUT2D eigenvalue weighted by atomic mass is 10.1. The second-order valence-electron chi connectivity index (χ2n) is 4.72. The van der Waals surface area contributed by atoms with Gasteiger partial charge in [-0.3, -0.25) is 4.90 Å². The van der Waals surface area contributed by atoms with E-state index in [4.69, 9.17) is 0 Å². The van der Waals surface area contributed by atoms with Crippen molar-refractivity contribution in [1.82, 2.24) is 4.90 Å². The fourth-order valence-corrected chi connectivity index (χ4v) is 2.23. The number of hydrogen-bond acceptors (Lipinski definition) is 1. The normalized spacial score (nSPS) is 39.9. The maximum absolute atomic E-state index is 2.66. The molecule has 0 aromatic heterocycles. The minimum absolute atomic E-state index is 0.427. The Morgan fingerprint density at radius 2 is 2.00 bits per heavy atom. The third-order valence-corrected chi connectivity index (χ3v) is 2.89. The third-order valence-electron chi connectivity index (χ3n) is 2.89. The van der Waals surface area contributed by atoms with Crippen LogP contribution in [0, 0.1) is 5.92 Å². The summed E-state index contributed by atoms with van der Waals surface area (Å²) in [7, 11) is 0. The number of likely N-dealkylation sites (tertiary alicyclic amines) is 1. The minimum atomic E-state index is 0.427. The van der Waals surface area contributed by atoms with Gasteiger partial charge in [0.05, 0.1) is 0 Å². The number of rotatable bonds is 0. The number of nitrogens with zero attached hydrogens (tertiary/aromatic N) is 1. The molecule has 1 saturated heterocycles. The van der Waals surface area contributed by atoms with E-state index in [0.717, 1.165) is 12.0 Å². The van der Waals surface area contributed by atoms with Gasteiger partial charge in [0.1, 0.15) is 0 Å². The van der Waals surface area contributed by atoms with Crippen LogP contribution in [0.1, 0.15) is 33.6 Å². The predicted octanol–water partition coefficient (Wildman–Crippen LogP) is 1.88. The summed E-state index contributed by atoms with van der Waals surface area (Å²) in [6.07, 6.45) is 2.94. The van der Waals surface area contributed by atoms with Crippen molar-refractivity contribution < 1.29 is 0 Å². The van der Waals surface area contributed by atoms with Crippen LogP contribution in [0.5, 0.6) is 0 Å². The van der Waals surface area contributed by atoms with Gasteiger partial charge in [-0.1, -0.05) is 0 Å². The van der Waals surface area contributed by atoms with Crippen molar-refractivity contribution in [1.29, 1.82) is 0 Å². The molecule has 1 aliphatic heterocycles. The molecule has 2 atom stereocenters. The Balaban J connectivity index is 2.05. The summed E-state index contributed by atoms with van der Waals surface area (Å²) in [5.74, 6) is 1.08. The SMILES string of the molecule is CC(C)(C)N1CCC2CC21. The van der Waals surface area contributed by atoms with Crippen molar-refractivity contribution in [2.45, 2.75) is 45.2 Å². The van der Waals surface area contributed by atoms with E-state index in [2.05, 4.69) is 25.7 Å². The van der Waals surface area contributed by atoms with Crippen molar-refractivity contribution in [3.05, 3.63) is 0 Å². The van der Waals surface area contributed by atoms with Gasteiger partial charge in [-0.2, -0.15) is 0 Å². The van der Waals surface area contributed by atoms with Gasteiger partial charge in [-0.25, -0.2) is 0 Å². The molecule has 1 saturated carbocycles. The molecule has 2 fully saturated rings. The topological polar surface area (TPSA) is 3.24 Å². The highest BCUT2D eigenvalue weighted by Crippen LogP contribution is 2.47. The maximum atomic E-state index is 2.66. The minimum Gasteiger partial charge on any atom is -0.295 e. The van der Waals surface area contributed by atoms with Crippen molar-refractivity contribution in [2.75, 3.05) is 6.54 Å². The van der Waals surface area contributed by atoms with Crippen LogP contribution in [-0.2, 0) is 0 Å². The predicted molar refractivity (Wildman–Crippen MR) is 43.0 cm³/mol. The zero-order valence-electron chi connectivity index (χ0n) is 7.22. The van der Waals surface area contributed by atoms with E-state index in [9.17, 15) is 0 Å². The molecule has 1 nitrogen and oxygen atoms in total. The zero-order valence-corrected chi connectivity index (χ0v) is 7.22. The molecule has 0 spiro atoms. The molecule has 0 N–H and O–H groups in total. The average Bonchev–Trinajstić information content (AvgIpc) is 2.40. The molecule has 0 aromatic carbocycles. The van der Waals surface area contributed by atoms with Gasteiger partial charge >= 0.3 is 0 Å². The second-order valence-corrected chi connectivity index (χ2v) is 4.72. The summed E-state index contributed by atoms with van der Waals surface area (Å²) in [6, 6.07) is 0.972. The molecule has 2 rings (SSSR count). The van der Waals surface area contributed by atoms with Crippen LogP contribution in [-0.4, -0.2) is 23.0 Å². The quantitative estimate of drug-likeness (QED) is 0.495. The van der Waals surface area contributed by atoms with Crippen molar-refractivity contribution in [3.8, 4) is 0 Å². The molecule has 2 aliphatic rings. The molecular formula is C9H17N. The molecule has 1 aliphatic carbocycles. The van der Waals surface area contributed by atoms with Gasteiger partial charge in [-0.05, 0) is 46.1 Å². The van der Waals surface area contributed by atoms with E-state index in [0.29, 0.717) is 5.54 Å². The van der Waals surface area contributed by atoms with Crippen molar-refractivity contribution in [3.63, 3.8) is 0 Å². The Labute approximate surface area is 63.4 Å². The van der Waals surface area contributed by atoms with Crippen LogP contribution in [0.15, 0.2) is 0 Å². The Morgan fingerprint density at radius 1 is 1.30 bits per heavy atom. The Kier molecular flexibility index (Phi) is 1.17. The summed E-state index contributed by atoms with van der Waals surface area (Å²) in [5.41, 5.74) is 0.427. The summed E-state index contributed by atoms with van der Waals surface area (Å²) >= 11 is 0. The molecule has 0 radical (unpaired) electrons. The lowest BCUT2D eigenvalue weighted by molar-refractivity contribution is 0.150. The van der Waals surface area contributed by atoms with Crippen molar-refractivity contribution in [2.24, 2.45) is 5.92 Å². The fraction of sp³-hybridized carbons (Fsp3) is 1.00. The summed E-state index contributed by atoms with van der Waals surface area (Å²) < 4.78 is 0. The Bertz CT molecular complexity index is 145. The molecule has 1 heteroatoms. The first-order valence-corrected chi connectivity index (χ1v) is 4.36. The van der Waals surface area contributed by atoms with Crippen LogP contribution in [0.3, 0.4) is 0 Å². The molecule has 2 unspecified atom stereocenters. The number of hydrogen-bond donors (Lipinski definition) is 0. The van der Waals surface area contributed by atoms with E-state index < -0.39 is 0 Å². The summed E-state index contributed by atoms with van der Waals surface area (Å²) in [5, 5.41) is 0. The molecule has 0 aromatic rings. The van der Waals surface area contributed by atoms with Crippen molar-refractivity contribution >= 4 is 0 Å². The van der Waals surface area contributed by atoms with Gasteiger partial charge in [0.2, 0.25) is 0 Å². The maximum Gasteiger partial charge on any atom is 0.0133 e. The summed E-state index contributed by atoms with van der Waals surface area (Å²) in [6.45, 7) is 8.33. The van der Waals surface area contributed by atoms with Crippen LogP contribution in [0.4, 0.5) is 0 Å². The first-order valence-electron chi connectivity index (χ1n) is 4.36. The van der Waals surface area contributed by atoms with Gasteiger partial charge in [0.25, 0.3) is 0 Å². The molecule has 10 heavy (non-hydrogen) atoms. The molecular weight excluding hydrogens is 122 g/mol. The monoisotopic (exact) mass is 139 g/mol. The van der Waals surface area contributed by atoms with Gasteiger partial charge < -0.3 is 0 Å². The fourth-order valence-electron chi connectivity index (χ4n) is 2.23. The number of fused-ring (bicyclic) bond motifs is 1. The highest BCUT2D eigenvalue weighted by atomic mass is 15.3. The second kappa shape index (κ2) is 1.76. The average molecular weight is 139 g/mol.